The smallest absolute Gasteiger partial charge is 0.221 e. The van der Waals surface area contributed by atoms with E-state index in [2.05, 4.69) is 51.4 Å². The van der Waals surface area contributed by atoms with Gasteiger partial charge in [-0.05, 0) is 24.3 Å². The SMILES string of the molecule is Nc1nccc(Nc2cn[nH]c2-c2nc3ccc(Br)cc3[nH]2)n1. The molecule has 1 aromatic carbocycles. The first-order chi connectivity index (χ1) is 11.2. The summed E-state index contributed by atoms with van der Waals surface area (Å²) in [6.45, 7) is 0. The number of nitrogen functional groups attached to an aromatic ring is 1. The average Bonchev–Trinajstić information content (AvgIpc) is 3.13. The van der Waals surface area contributed by atoms with Crippen LogP contribution in [0.4, 0.5) is 17.5 Å². The highest BCUT2D eigenvalue weighted by molar-refractivity contribution is 9.10. The number of aromatic nitrogens is 6. The third kappa shape index (κ3) is 2.61. The van der Waals surface area contributed by atoms with Gasteiger partial charge in [0.1, 0.15) is 11.5 Å². The molecule has 0 fully saturated rings. The van der Waals surface area contributed by atoms with Crippen molar-refractivity contribution in [3.63, 3.8) is 0 Å². The van der Waals surface area contributed by atoms with E-state index in [-0.39, 0.29) is 5.95 Å². The van der Waals surface area contributed by atoms with Crippen molar-refractivity contribution in [2.75, 3.05) is 11.1 Å². The van der Waals surface area contributed by atoms with Crippen LogP contribution in [-0.4, -0.2) is 30.1 Å². The number of anilines is 3. The number of hydrogen-bond acceptors (Lipinski definition) is 6. The Balaban J connectivity index is 1.73. The molecule has 5 N–H and O–H groups in total. The molecule has 0 unspecified atom stereocenters. The predicted octanol–water partition coefficient (Wildman–Crippen LogP) is 2.83. The van der Waals surface area contributed by atoms with Crippen LogP contribution in [0.15, 0.2) is 41.1 Å². The molecular formula is C14H11BrN8. The predicted molar refractivity (Wildman–Crippen MR) is 91.1 cm³/mol. The minimum atomic E-state index is 0.202. The van der Waals surface area contributed by atoms with E-state index in [1.807, 2.05) is 18.2 Å². The molecule has 0 aliphatic heterocycles. The minimum absolute atomic E-state index is 0.202. The zero-order valence-electron chi connectivity index (χ0n) is 11.7. The fourth-order valence-corrected chi connectivity index (χ4v) is 2.60. The van der Waals surface area contributed by atoms with Gasteiger partial charge in [0.25, 0.3) is 0 Å². The van der Waals surface area contributed by atoms with Crippen LogP contribution in [0, 0.1) is 0 Å². The van der Waals surface area contributed by atoms with Crippen LogP contribution in [0.25, 0.3) is 22.6 Å². The fraction of sp³-hybridized carbons (Fsp3) is 0. The first-order valence-corrected chi connectivity index (χ1v) is 7.53. The molecule has 0 saturated heterocycles. The topological polar surface area (TPSA) is 121 Å². The molecule has 23 heavy (non-hydrogen) atoms. The molecule has 0 saturated carbocycles. The van der Waals surface area contributed by atoms with Crippen molar-refractivity contribution in [3.05, 3.63) is 41.1 Å². The second kappa shape index (κ2) is 5.36. The monoisotopic (exact) mass is 370 g/mol. The number of rotatable bonds is 3. The molecule has 0 radical (unpaired) electrons. The highest BCUT2D eigenvalue weighted by Crippen LogP contribution is 2.28. The number of H-pyrrole nitrogens is 2. The molecule has 8 nitrogen and oxygen atoms in total. The van der Waals surface area contributed by atoms with Crippen LogP contribution >= 0.6 is 15.9 Å². The molecule has 0 spiro atoms. The molecule has 0 amide bonds. The van der Waals surface area contributed by atoms with Crippen molar-refractivity contribution >= 4 is 44.4 Å². The molecule has 0 aliphatic rings. The van der Waals surface area contributed by atoms with Crippen molar-refractivity contribution in [3.8, 4) is 11.5 Å². The van der Waals surface area contributed by atoms with E-state index in [9.17, 15) is 0 Å². The maximum absolute atomic E-state index is 5.59. The van der Waals surface area contributed by atoms with Gasteiger partial charge in [-0.25, -0.2) is 9.97 Å². The largest absolute Gasteiger partial charge is 0.368 e. The van der Waals surface area contributed by atoms with E-state index in [1.165, 1.54) is 0 Å². The Morgan fingerprint density at radius 3 is 2.96 bits per heavy atom. The lowest BCUT2D eigenvalue weighted by Crippen LogP contribution is -1.99. The number of fused-ring (bicyclic) bond motifs is 1. The quantitative estimate of drug-likeness (QED) is 0.439. The summed E-state index contributed by atoms with van der Waals surface area (Å²) in [6, 6.07) is 7.58. The van der Waals surface area contributed by atoms with E-state index in [4.69, 9.17) is 5.73 Å². The summed E-state index contributed by atoms with van der Waals surface area (Å²) in [6.07, 6.45) is 3.25. The zero-order chi connectivity index (χ0) is 15.8. The molecule has 9 heteroatoms. The van der Waals surface area contributed by atoms with E-state index in [0.29, 0.717) is 11.6 Å². The maximum Gasteiger partial charge on any atom is 0.221 e. The number of nitrogens with two attached hydrogens (primary N) is 1. The Kier molecular flexibility index (Phi) is 3.19. The van der Waals surface area contributed by atoms with Crippen molar-refractivity contribution in [1.29, 1.82) is 0 Å². The second-order valence-corrected chi connectivity index (χ2v) is 5.75. The van der Waals surface area contributed by atoms with Crippen molar-refractivity contribution in [2.24, 2.45) is 0 Å². The van der Waals surface area contributed by atoms with Gasteiger partial charge in [0.2, 0.25) is 5.95 Å². The number of imidazole rings is 1. The molecular weight excluding hydrogens is 360 g/mol. The van der Waals surface area contributed by atoms with E-state index >= 15 is 0 Å². The first-order valence-electron chi connectivity index (χ1n) is 6.73. The number of nitrogens with zero attached hydrogens (tertiary/aromatic N) is 4. The summed E-state index contributed by atoms with van der Waals surface area (Å²) >= 11 is 3.45. The molecule has 0 aliphatic carbocycles. The van der Waals surface area contributed by atoms with Gasteiger partial charge >= 0.3 is 0 Å². The van der Waals surface area contributed by atoms with Crippen LogP contribution in [0.1, 0.15) is 0 Å². The van der Waals surface area contributed by atoms with Crippen molar-refractivity contribution < 1.29 is 0 Å². The summed E-state index contributed by atoms with van der Waals surface area (Å²) in [5, 5.41) is 10.2. The molecule has 4 aromatic rings. The Labute approximate surface area is 138 Å². The van der Waals surface area contributed by atoms with E-state index in [1.54, 1.807) is 18.5 Å². The summed E-state index contributed by atoms with van der Waals surface area (Å²) < 4.78 is 0.986. The zero-order valence-corrected chi connectivity index (χ0v) is 13.3. The Morgan fingerprint density at radius 1 is 1.17 bits per heavy atom. The van der Waals surface area contributed by atoms with E-state index < -0.39 is 0 Å². The standard InChI is InChI=1S/C14H11BrN8/c15-7-1-2-8-9(5-7)21-13(20-8)12-10(6-18-23-12)19-11-3-4-17-14(16)22-11/h1-6H,(H,18,23)(H,20,21)(H3,16,17,19,22). The van der Waals surface area contributed by atoms with Gasteiger partial charge < -0.3 is 16.0 Å². The van der Waals surface area contributed by atoms with Crippen LogP contribution in [-0.2, 0) is 0 Å². The number of hydrogen-bond donors (Lipinski definition) is 4. The van der Waals surface area contributed by atoms with Gasteiger partial charge in [0.15, 0.2) is 5.82 Å². The lowest BCUT2D eigenvalue weighted by atomic mass is 10.3. The molecule has 114 valence electrons. The van der Waals surface area contributed by atoms with Gasteiger partial charge in [-0.2, -0.15) is 10.1 Å². The van der Waals surface area contributed by atoms with Gasteiger partial charge in [-0.15, -0.1) is 0 Å². The van der Waals surface area contributed by atoms with Crippen LogP contribution in [0.3, 0.4) is 0 Å². The van der Waals surface area contributed by atoms with E-state index in [0.717, 1.165) is 26.9 Å². The third-order valence-corrected chi connectivity index (χ3v) is 3.75. The Hall–Kier alpha value is -2.94. The molecule has 0 atom stereocenters. The first kappa shape index (κ1) is 13.7. The second-order valence-electron chi connectivity index (χ2n) is 4.83. The van der Waals surface area contributed by atoms with Crippen LogP contribution < -0.4 is 11.1 Å². The molecule has 0 bridgehead atoms. The van der Waals surface area contributed by atoms with Crippen LogP contribution in [0.5, 0.6) is 0 Å². The number of nitrogens with one attached hydrogen (secondary N) is 3. The van der Waals surface area contributed by atoms with Crippen molar-refractivity contribution in [1.82, 2.24) is 30.1 Å². The summed E-state index contributed by atoms with van der Waals surface area (Å²) in [5.41, 5.74) is 8.86. The Bertz CT molecular complexity index is 989. The van der Waals surface area contributed by atoms with Gasteiger partial charge in [0.05, 0.1) is 22.9 Å². The highest BCUT2D eigenvalue weighted by atomic mass is 79.9. The fourth-order valence-electron chi connectivity index (χ4n) is 2.24. The lowest BCUT2D eigenvalue weighted by molar-refractivity contribution is 1.08. The maximum atomic E-state index is 5.59. The number of halogens is 1. The Morgan fingerprint density at radius 2 is 2.09 bits per heavy atom. The summed E-state index contributed by atoms with van der Waals surface area (Å²) in [4.78, 5) is 15.8. The van der Waals surface area contributed by atoms with Gasteiger partial charge in [-0.1, -0.05) is 15.9 Å². The average molecular weight is 371 g/mol. The molecule has 4 rings (SSSR count). The number of aromatic amines is 2. The molecule has 3 heterocycles. The van der Waals surface area contributed by atoms with Gasteiger partial charge in [-0.3, -0.25) is 5.10 Å². The van der Waals surface area contributed by atoms with Crippen molar-refractivity contribution in [2.45, 2.75) is 0 Å². The normalized spacial score (nSPS) is 11.0. The van der Waals surface area contributed by atoms with Gasteiger partial charge in [0, 0.05) is 10.7 Å². The summed E-state index contributed by atoms with van der Waals surface area (Å²) in [5.74, 6) is 1.47. The lowest BCUT2D eigenvalue weighted by Gasteiger charge is -2.04. The third-order valence-electron chi connectivity index (χ3n) is 3.26. The minimum Gasteiger partial charge on any atom is -0.368 e. The summed E-state index contributed by atoms with van der Waals surface area (Å²) in [7, 11) is 0. The highest BCUT2D eigenvalue weighted by Gasteiger charge is 2.13. The number of benzene rings is 1. The molecule has 3 aromatic heterocycles. The van der Waals surface area contributed by atoms with Crippen LogP contribution in [0.2, 0.25) is 0 Å².